The van der Waals surface area contributed by atoms with Crippen molar-refractivity contribution in [1.29, 1.82) is 0 Å². The van der Waals surface area contributed by atoms with Gasteiger partial charge >= 0.3 is 16.4 Å². The molecule has 0 radical (unpaired) electrons. The Balaban J connectivity index is 2.21. The highest BCUT2D eigenvalue weighted by Crippen LogP contribution is 2.36. The van der Waals surface area contributed by atoms with Crippen LogP contribution in [0.5, 0.6) is 0 Å². The van der Waals surface area contributed by atoms with Crippen LogP contribution in [0.3, 0.4) is 0 Å². The average Bonchev–Trinajstić information content (AvgIpc) is 2.44. The summed E-state index contributed by atoms with van der Waals surface area (Å²) >= 11 is 0. The zero-order chi connectivity index (χ0) is 13.6. The normalized spacial score (nSPS) is 30.9. The molecule has 18 heavy (non-hydrogen) atoms. The Labute approximate surface area is 107 Å². The highest BCUT2D eigenvalue weighted by Gasteiger charge is 2.51. The summed E-state index contributed by atoms with van der Waals surface area (Å²) in [7, 11) is -3.98. The Kier molecular flexibility index (Phi) is 3.31. The van der Waals surface area contributed by atoms with Crippen molar-refractivity contribution in [2.75, 3.05) is 0 Å². The Morgan fingerprint density at radius 1 is 1.28 bits per heavy atom. The SMILES string of the molecule is CC(C)(C)OC(=O)N1[C@H]2CCCC[C@H]2OS1(=O)=O. The van der Waals surface area contributed by atoms with Gasteiger partial charge in [0.05, 0.1) is 6.04 Å². The van der Waals surface area contributed by atoms with Crippen molar-refractivity contribution in [2.24, 2.45) is 0 Å². The largest absolute Gasteiger partial charge is 0.443 e. The molecule has 0 bridgehead atoms. The Morgan fingerprint density at radius 2 is 1.89 bits per heavy atom. The maximum absolute atomic E-state index is 12.0. The van der Waals surface area contributed by atoms with Gasteiger partial charge in [-0.2, -0.15) is 12.7 Å². The van der Waals surface area contributed by atoms with Crippen LogP contribution in [0.25, 0.3) is 0 Å². The first-order valence-electron chi connectivity index (χ1n) is 6.16. The highest BCUT2D eigenvalue weighted by molar-refractivity contribution is 7.85. The summed E-state index contributed by atoms with van der Waals surface area (Å²) < 4.78 is 34.6. The van der Waals surface area contributed by atoms with E-state index in [1.807, 2.05) is 0 Å². The van der Waals surface area contributed by atoms with Gasteiger partial charge < -0.3 is 4.74 Å². The molecule has 0 N–H and O–H groups in total. The number of amides is 1. The van der Waals surface area contributed by atoms with Crippen molar-refractivity contribution in [2.45, 2.75) is 64.2 Å². The number of hydrogen-bond acceptors (Lipinski definition) is 5. The smallest absolute Gasteiger partial charge is 0.426 e. The lowest BCUT2D eigenvalue weighted by atomic mass is 9.93. The second kappa shape index (κ2) is 4.38. The van der Waals surface area contributed by atoms with Crippen molar-refractivity contribution >= 4 is 16.4 Å². The molecule has 1 heterocycles. The first kappa shape index (κ1) is 13.6. The fourth-order valence-corrected chi connectivity index (χ4v) is 3.78. The van der Waals surface area contributed by atoms with Gasteiger partial charge in [-0.05, 0) is 33.6 Å². The van der Waals surface area contributed by atoms with E-state index in [4.69, 9.17) is 8.92 Å². The van der Waals surface area contributed by atoms with Gasteiger partial charge in [0.2, 0.25) is 0 Å². The van der Waals surface area contributed by atoms with Crippen LogP contribution in [0.15, 0.2) is 0 Å². The number of rotatable bonds is 0. The molecular formula is C11H19NO5S. The number of fused-ring (bicyclic) bond motifs is 1. The van der Waals surface area contributed by atoms with Crippen LogP contribution in [0, 0.1) is 0 Å². The van der Waals surface area contributed by atoms with Crippen molar-refractivity contribution in [3.05, 3.63) is 0 Å². The number of nitrogens with zero attached hydrogens (tertiary/aromatic N) is 1. The van der Waals surface area contributed by atoms with Gasteiger partial charge in [-0.25, -0.2) is 8.98 Å². The van der Waals surface area contributed by atoms with Crippen LogP contribution in [0.2, 0.25) is 0 Å². The summed E-state index contributed by atoms with van der Waals surface area (Å²) in [6, 6.07) is -0.404. The predicted molar refractivity (Wildman–Crippen MR) is 64.1 cm³/mol. The predicted octanol–water partition coefficient (Wildman–Crippen LogP) is 1.81. The molecule has 2 fully saturated rings. The molecule has 1 saturated heterocycles. The molecule has 0 aromatic heterocycles. The van der Waals surface area contributed by atoms with Crippen LogP contribution < -0.4 is 0 Å². The third-order valence-corrected chi connectivity index (χ3v) is 4.42. The monoisotopic (exact) mass is 277 g/mol. The summed E-state index contributed by atoms with van der Waals surface area (Å²) in [6.45, 7) is 5.10. The van der Waals surface area contributed by atoms with Crippen LogP contribution in [0.4, 0.5) is 4.79 Å². The lowest BCUT2D eigenvalue weighted by molar-refractivity contribution is 0.0306. The minimum absolute atomic E-state index is 0.404. The van der Waals surface area contributed by atoms with E-state index in [-0.39, 0.29) is 0 Å². The first-order valence-corrected chi connectivity index (χ1v) is 7.53. The zero-order valence-corrected chi connectivity index (χ0v) is 11.7. The van der Waals surface area contributed by atoms with Crippen LogP contribution in [0.1, 0.15) is 46.5 Å². The fraction of sp³-hybridized carbons (Fsp3) is 0.909. The van der Waals surface area contributed by atoms with Gasteiger partial charge in [-0.3, -0.25) is 0 Å². The summed E-state index contributed by atoms with van der Waals surface area (Å²) in [5, 5.41) is 0. The first-order chi connectivity index (χ1) is 8.21. The molecule has 0 spiro atoms. The standard InChI is InChI=1S/C11H19NO5S/c1-11(2,3)16-10(13)12-8-6-4-5-7-9(8)17-18(12,14)15/h8-9H,4-7H2,1-3H3/t8-,9+/m0/s1. The van der Waals surface area contributed by atoms with E-state index in [1.54, 1.807) is 20.8 Å². The molecular weight excluding hydrogens is 258 g/mol. The van der Waals surface area contributed by atoms with E-state index < -0.39 is 34.1 Å². The molecule has 6 nitrogen and oxygen atoms in total. The van der Waals surface area contributed by atoms with Gasteiger partial charge in [0.15, 0.2) is 0 Å². The van der Waals surface area contributed by atoms with Gasteiger partial charge in [0, 0.05) is 0 Å². The molecule has 104 valence electrons. The van der Waals surface area contributed by atoms with E-state index in [0.717, 1.165) is 17.1 Å². The van der Waals surface area contributed by atoms with E-state index in [9.17, 15) is 13.2 Å². The van der Waals surface area contributed by atoms with Crippen molar-refractivity contribution < 1.29 is 22.1 Å². The Morgan fingerprint density at radius 3 is 2.50 bits per heavy atom. The molecule has 0 aromatic rings. The second-order valence-corrected chi connectivity index (χ2v) is 7.16. The molecule has 2 atom stereocenters. The number of hydrogen-bond donors (Lipinski definition) is 0. The summed E-state index contributed by atoms with van der Waals surface area (Å²) in [5.74, 6) is 0. The topological polar surface area (TPSA) is 72.9 Å². The lowest BCUT2D eigenvalue weighted by Crippen LogP contribution is -2.45. The minimum Gasteiger partial charge on any atom is -0.443 e. The summed E-state index contributed by atoms with van der Waals surface area (Å²) in [6.07, 6.45) is 1.90. The third-order valence-electron chi connectivity index (χ3n) is 3.03. The van der Waals surface area contributed by atoms with Crippen molar-refractivity contribution in [1.82, 2.24) is 4.31 Å². The van der Waals surface area contributed by atoms with E-state index in [0.29, 0.717) is 12.8 Å². The summed E-state index contributed by atoms with van der Waals surface area (Å²) in [4.78, 5) is 12.0. The zero-order valence-electron chi connectivity index (χ0n) is 10.9. The Hall–Kier alpha value is -0.820. The maximum Gasteiger partial charge on any atom is 0.426 e. The molecule has 0 aromatic carbocycles. The molecule has 1 amide bonds. The molecule has 2 aliphatic rings. The second-order valence-electron chi connectivity index (χ2n) is 5.72. The summed E-state index contributed by atoms with van der Waals surface area (Å²) in [5.41, 5.74) is -0.723. The molecule has 1 saturated carbocycles. The van der Waals surface area contributed by atoms with Gasteiger partial charge in [0.1, 0.15) is 11.7 Å². The third kappa shape index (κ3) is 2.61. The Bertz CT molecular complexity index is 439. The van der Waals surface area contributed by atoms with Crippen LogP contribution in [-0.4, -0.2) is 36.6 Å². The quantitative estimate of drug-likeness (QED) is 0.675. The minimum atomic E-state index is -3.98. The lowest BCUT2D eigenvalue weighted by Gasteiger charge is -2.28. The molecule has 1 aliphatic heterocycles. The van der Waals surface area contributed by atoms with Crippen LogP contribution >= 0.6 is 0 Å². The average molecular weight is 277 g/mol. The van der Waals surface area contributed by atoms with E-state index in [2.05, 4.69) is 0 Å². The van der Waals surface area contributed by atoms with Gasteiger partial charge in [-0.15, -0.1) is 0 Å². The van der Waals surface area contributed by atoms with Gasteiger partial charge in [0.25, 0.3) is 0 Å². The molecule has 1 aliphatic carbocycles. The maximum atomic E-state index is 12.0. The highest BCUT2D eigenvalue weighted by atomic mass is 32.2. The van der Waals surface area contributed by atoms with Crippen LogP contribution in [-0.2, 0) is 19.2 Å². The van der Waals surface area contributed by atoms with E-state index >= 15 is 0 Å². The number of ether oxygens (including phenoxy) is 1. The van der Waals surface area contributed by atoms with Gasteiger partial charge in [-0.1, -0.05) is 12.8 Å². The van der Waals surface area contributed by atoms with Crippen molar-refractivity contribution in [3.63, 3.8) is 0 Å². The fourth-order valence-electron chi connectivity index (χ4n) is 2.36. The van der Waals surface area contributed by atoms with Crippen molar-refractivity contribution in [3.8, 4) is 0 Å². The van der Waals surface area contributed by atoms with E-state index in [1.165, 1.54) is 0 Å². The number of carbonyl (C=O) groups excluding carboxylic acids is 1. The molecule has 7 heteroatoms. The molecule has 0 unspecified atom stereocenters. The molecule has 2 rings (SSSR count). The number of carbonyl (C=O) groups is 1.